The minimum atomic E-state index is -2.29. The predicted octanol–water partition coefficient (Wildman–Crippen LogP) is 6.01. The summed E-state index contributed by atoms with van der Waals surface area (Å²) in [5, 5.41) is 4.35. The normalized spacial score (nSPS) is 11.3. The number of amides is 1. The number of halogens is 6. The molecule has 1 N–H and O–H groups in total. The Hall–Kier alpha value is -3.85. The van der Waals surface area contributed by atoms with Crippen molar-refractivity contribution in [2.24, 2.45) is 5.10 Å². The highest BCUT2D eigenvalue weighted by Crippen LogP contribution is 2.26. The van der Waals surface area contributed by atoms with Crippen LogP contribution in [0.1, 0.15) is 15.9 Å². The Morgan fingerprint density at radius 2 is 1.48 bits per heavy atom. The molecule has 0 bridgehead atoms. The number of hydrogen-bond acceptors (Lipinski definition) is 3. The van der Waals surface area contributed by atoms with Crippen molar-refractivity contribution in [1.82, 2.24) is 10.4 Å². The molecule has 0 atom stereocenters. The molecule has 4 aromatic rings. The summed E-state index contributed by atoms with van der Waals surface area (Å²) in [5.41, 5.74) is 2.49. The van der Waals surface area contributed by atoms with Gasteiger partial charge in [-0.2, -0.15) is 5.10 Å². The van der Waals surface area contributed by atoms with Gasteiger partial charge in [-0.25, -0.2) is 32.4 Å². The lowest BCUT2D eigenvalue weighted by atomic mass is 10.0. The quantitative estimate of drug-likeness (QED) is 0.129. The summed E-state index contributed by atoms with van der Waals surface area (Å²) >= 11 is 5.91. The van der Waals surface area contributed by atoms with Crippen molar-refractivity contribution in [2.45, 2.75) is 0 Å². The van der Waals surface area contributed by atoms with Crippen LogP contribution in [0.15, 0.2) is 59.7 Å². The number of hydrazone groups is 1. The van der Waals surface area contributed by atoms with Crippen LogP contribution < -0.4 is 5.43 Å². The van der Waals surface area contributed by atoms with E-state index in [0.29, 0.717) is 33.4 Å². The van der Waals surface area contributed by atoms with Gasteiger partial charge in [0.1, 0.15) is 0 Å². The average molecular weight is 476 g/mol. The van der Waals surface area contributed by atoms with Gasteiger partial charge in [0.25, 0.3) is 5.91 Å². The number of para-hydroxylation sites is 1. The minimum absolute atomic E-state index is 0.125. The smallest absolute Gasteiger partial charge is 0.267 e. The molecule has 0 spiro atoms. The zero-order chi connectivity index (χ0) is 23.7. The molecule has 0 unspecified atom stereocenters. The summed E-state index contributed by atoms with van der Waals surface area (Å²) in [6.07, 6.45) is 0.345. The Labute approximate surface area is 188 Å². The fraction of sp³-hybridized carbons (Fsp3) is 0. The minimum Gasteiger partial charge on any atom is -0.267 e. The number of pyridine rings is 1. The van der Waals surface area contributed by atoms with Gasteiger partial charge in [0.05, 0.1) is 28.6 Å². The van der Waals surface area contributed by atoms with Crippen molar-refractivity contribution in [3.05, 3.63) is 99.8 Å². The maximum Gasteiger partial charge on any atom is 0.272 e. The molecule has 0 aliphatic heterocycles. The number of benzene rings is 3. The van der Waals surface area contributed by atoms with E-state index in [-0.39, 0.29) is 5.56 Å². The van der Waals surface area contributed by atoms with Crippen LogP contribution in [0.4, 0.5) is 22.0 Å². The summed E-state index contributed by atoms with van der Waals surface area (Å²) in [4.78, 5) is 17.3. The van der Waals surface area contributed by atoms with Gasteiger partial charge in [-0.1, -0.05) is 41.9 Å². The third-order valence-electron chi connectivity index (χ3n) is 4.70. The average Bonchev–Trinajstić information content (AvgIpc) is 2.83. The lowest BCUT2D eigenvalue weighted by Crippen LogP contribution is -2.19. The van der Waals surface area contributed by atoms with E-state index in [1.54, 1.807) is 48.5 Å². The molecule has 0 radical (unpaired) electrons. The van der Waals surface area contributed by atoms with Gasteiger partial charge >= 0.3 is 0 Å². The van der Waals surface area contributed by atoms with Crippen molar-refractivity contribution in [3.8, 4) is 11.3 Å². The van der Waals surface area contributed by atoms with Gasteiger partial charge in [-0.15, -0.1) is 0 Å². The molecule has 1 amide bonds. The van der Waals surface area contributed by atoms with E-state index < -0.39 is 40.6 Å². The van der Waals surface area contributed by atoms with E-state index in [0.717, 1.165) is 0 Å². The molecule has 1 heterocycles. The van der Waals surface area contributed by atoms with Gasteiger partial charge in [-0.05, 0) is 24.3 Å². The Morgan fingerprint density at radius 3 is 2.15 bits per heavy atom. The third kappa shape index (κ3) is 4.27. The second-order valence-corrected chi connectivity index (χ2v) is 7.20. The molecule has 1 aromatic heterocycles. The van der Waals surface area contributed by atoms with E-state index in [2.05, 4.69) is 10.1 Å². The van der Waals surface area contributed by atoms with Crippen molar-refractivity contribution >= 4 is 34.6 Å². The molecule has 10 heteroatoms. The first kappa shape index (κ1) is 22.3. The molecule has 3 aromatic carbocycles. The number of nitrogens with one attached hydrogen (secondary N) is 1. The van der Waals surface area contributed by atoms with Gasteiger partial charge in [0.2, 0.25) is 5.82 Å². The molecule has 0 aliphatic carbocycles. The summed E-state index contributed by atoms with van der Waals surface area (Å²) in [5.74, 6) is -11.4. The van der Waals surface area contributed by atoms with Gasteiger partial charge in [-0.3, -0.25) is 4.79 Å². The van der Waals surface area contributed by atoms with Gasteiger partial charge in [0.15, 0.2) is 23.3 Å². The van der Waals surface area contributed by atoms with Gasteiger partial charge < -0.3 is 0 Å². The zero-order valence-corrected chi connectivity index (χ0v) is 17.1. The maximum absolute atomic E-state index is 13.8. The number of carbonyl (C=O) groups is 1. The number of hydrogen-bond donors (Lipinski definition) is 1. The molecular weight excluding hydrogens is 465 g/mol. The third-order valence-corrected chi connectivity index (χ3v) is 4.96. The Kier molecular flexibility index (Phi) is 6.06. The molecule has 33 heavy (non-hydrogen) atoms. The monoisotopic (exact) mass is 475 g/mol. The molecule has 0 aliphatic rings. The molecule has 4 rings (SSSR count). The van der Waals surface area contributed by atoms with E-state index in [1.807, 2.05) is 5.43 Å². The predicted molar refractivity (Wildman–Crippen MR) is 113 cm³/mol. The number of carbonyl (C=O) groups excluding carboxylic acids is 1. The zero-order valence-electron chi connectivity index (χ0n) is 16.3. The summed E-state index contributed by atoms with van der Waals surface area (Å²) < 4.78 is 67.4. The van der Waals surface area contributed by atoms with Crippen LogP contribution in [-0.4, -0.2) is 17.1 Å². The molecular formula is C23H11ClF5N3O. The van der Waals surface area contributed by atoms with Gasteiger partial charge in [0, 0.05) is 16.0 Å². The van der Waals surface area contributed by atoms with E-state index in [1.165, 1.54) is 6.07 Å². The highest BCUT2D eigenvalue weighted by Gasteiger charge is 2.24. The number of fused-ring (bicyclic) bond motifs is 1. The summed E-state index contributed by atoms with van der Waals surface area (Å²) in [6, 6.07) is 14.9. The van der Waals surface area contributed by atoms with Crippen molar-refractivity contribution < 1.29 is 26.7 Å². The topological polar surface area (TPSA) is 54.4 Å². The first-order valence-corrected chi connectivity index (χ1v) is 9.66. The molecule has 0 fully saturated rings. The first-order valence-electron chi connectivity index (χ1n) is 9.28. The van der Waals surface area contributed by atoms with Crippen LogP contribution in [0.25, 0.3) is 22.2 Å². The number of aromatic nitrogens is 1. The first-order chi connectivity index (χ1) is 15.8. The Bertz CT molecular complexity index is 1400. The maximum atomic E-state index is 13.8. The fourth-order valence-corrected chi connectivity index (χ4v) is 3.21. The van der Waals surface area contributed by atoms with E-state index in [4.69, 9.17) is 11.6 Å². The standard InChI is InChI=1S/C23H11ClF5N3O/c24-12-7-5-11(6-8-12)17-9-14(13-3-1-2-4-16(13)31-17)23(33)32-30-10-15-18(25)20(27)22(29)21(28)19(15)26/h1-10H,(H,32,33)/b30-10+. The van der Waals surface area contributed by atoms with Crippen LogP contribution in [0, 0.1) is 29.1 Å². The van der Waals surface area contributed by atoms with Crippen LogP contribution >= 0.6 is 11.6 Å². The largest absolute Gasteiger partial charge is 0.272 e. The van der Waals surface area contributed by atoms with E-state index in [9.17, 15) is 26.7 Å². The number of nitrogens with zero attached hydrogens (tertiary/aromatic N) is 2. The Morgan fingerprint density at radius 1 is 0.879 bits per heavy atom. The Balaban J connectivity index is 1.70. The van der Waals surface area contributed by atoms with Crippen LogP contribution in [0.5, 0.6) is 0 Å². The fourth-order valence-electron chi connectivity index (χ4n) is 3.08. The molecule has 0 saturated heterocycles. The molecule has 4 nitrogen and oxygen atoms in total. The second kappa shape index (κ2) is 8.95. The van der Waals surface area contributed by atoms with Crippen LogP contribution in [0.2, 0.25) is 5.02 Å². The summed E-state index contributed by atoms with van der Waals surface area (Å²) in [7, 11) is 0. The highest BCUT2D eigenvalue weighted by atomic mass is 35.5. The number of rotatable bonds is 4. The lowest BCUT2D eigenvalue weighted by Gasteiger charge is -2.09. The van der Waals surface area contributed by atoms with E-state index >= 15 is 0 Å². The van der Waals surface area contributed by atoms with Crippen molar-refractivity contribution in [2.75, 3.05) is 0 Å². The van der Waals surface area contributed by atoms with Crippen molar-refractivity contribution in [3.63, 3.8) is 0 Å². The van der Waals surface area contributed by atoms with Crippen molar-refractivity contribution in [1.29, 1.82) is 0 Å². The summed E-state index contributed by atoms with van der Waals surface area (Å²) in [6.45, 7) is 0. The molecule has 0 saturated carbocycles. The lowest BCUT2D eigenvalue weighted by molar-refractivity contribution is 0.0956. The highest BCUT2D eigenvalue weighted by molar-refractivity contribution is 6.30. The SMILES string of the molecule is O=C(N/N=C/c1c(F)c(F)c(F)c(F)c1F)c1cc(-c2ccc(Cl)cc2)nc2ccccc12. The second-order valence-electron chi connectivity index (χ2n) is 6.76. The van der Waals surface area contributed by atoms with Crippen LogP contribution in [-0.2, 0) is 0 Å². The molecule has 166 valence electrons. The van der Waals surface area contributed by atoms with Crippen LogP contribution in [0.3, 0.4) is 0 Å².